The summed E-state index contributed by atoms with van der Waals surface area (Å²) in [6.45, 7) is 0. The zero-order valence-electron chi connectivity index (χ0n) is 11.8. The number of nitrogens with one attached hydrogen (secondary N) is 1. The highest BCUT2D eigenvalue weighted by Gasteiger charge is 2.09. The number of carbonyl (C=O) groups excluding carboxylic acids is 1. The number of ether oxygens (including phenoxy) is 1. The van der Waals surface area contributed by atoms with Gasteiger partial charge >= 0.3 is 0 Å². The number of carbonyl (C=O) groups is 1. The lowest BCUT2D eigenvalue weighted by molar-refractivity contribution is 0.102. The highest BCUT2D eigenvalue weighted by Crippen LogP contribution is 2.15. The van der Waals surface area contributed by atoms with Crippen molar-refractivity contribution in [3.63, 3.8) is 0 Å². The van der Waals surface area contributed by atoms with Crippen molar-refractivity contribution in [3.05, 3.63) is 60.8 Å². The summed E-state index contributed by atoms with van der Waals surface area (Å²) in [5.41, 5.74) is 0.894. The highest BCUT2D eigenvalue weighted by atomic mass is 16.5. The molecule has 1 aromatic carbocycles. The fourth-order valence-electron chi connectivity index (χ4n) is 1.85. The molecular formula is C15H13N5O2. The Morgan fingerprint density at radius 1 is 1.14 bits per heavy atom. The summed E-state index contributed by atoms with van der Waals surface area (Å²) in [5, 5.41) is 10.7. The molecule has 0 spiro atoms. The van der Waals surface area contributed by atoms with Gasteiger partial charge < -0.3 is 10.1 Å². The van der Waals surface area contributed by atoms with Crippen LogP contribution in [-0.2, 0) is 0 Å². The first-order valence-electron chi connectivity index (χ1n) is 6.54. The molecule has 0 fully saturated rings. The molecule has 1 N–H and O–H groups in total. The number of aromatic nitrogens is 4. The van der Waals surface area contributed by atoms with Gasteiger partial charge in [-0.1, -0.05) is 0 Å². The van der Waals surface area contributed by atoms with Crippen LogP contribution in [0.5, 0.6) is 5.75 Å². The van der Waals surface area contributed by atoms with Gasteiger partial charge in [0.2, 0.25) is 0 Å². The molecule has 7 nitrogen and oxygen atoms in total. The molecule has 2 aromatic heterocycles. The Bertz CT molecular complexity index is 752. The molecule has 0 saturated heterocycles. The predicted octanol–water partition coefficient (Wildman–Crippen LogP) is 1.92. The second kappa shape index (κ2) is 6.04. The number of imidazole rings is 1. The van der Waals surface area contributed by atoms with E-state index in [0.29, 0.717) is 11.5 Å². The molecule has 1 amide bonds. The molecule has 0 bridgehead atoms. The first kappa shape index (κ1) is 13.7. The van der Waals surface area contributed by atoms with E-state index in [9.17, 15) is 4.79 Å². The van der Waals surface area contributed by atoms with Crippen LogP contribution in [0, 0.1) is 0 Å². The minimum atomic E-state index is -0.324. The Balaban J connectivity index is 1.71. The van der Waals surface area contributed by atoms with Crippen molar-refractivity contribution in [3.8, 4) is 11.6 Å². The maximum atomic E-state index is 12.1. The summed E-state index contributed by atoms with van der Waals surface area (Å²) in [6.07, 6.45) is 5.01. The van der Waals surface area contributed by atoms with Crippen LogP contribution in [-0.4, -0.2) is 32.8 Å². The fraction of sp³-hybridized carbons (Fsp3) is 0.0667. The van der Waals surface area contributed by atoms with Crippen LogP contribution in [0.3, 0.4) is 0 Å². The van der Waals surface area contributed by atoms with E-state index in [1.807, 2.05) is 0 Å². The number of methoxy groups -OCH3 is 1. The number of hydrogen-bond donors (Lipinski definition) is 1. The molecule has 3 aromatic rings. The van der Waals surface area contributed by atoms with Crippen molar-refractivity contribution < 1.29 is 9.53 Å². The Hall–Kier alpha value is -3.22. The van der Waals surface area contributed by atoms with E-state index < -0.39 is 0 Å². The summed E-state index contributed by atoms with van der Waals surface area (Å²) in [5.74, 6) is 0.996. The minimum absolute atomic E-state index is 0.236. The van der Waals surface area contributed by atoms with Gasteiger partial charge in [-0.3, -0.25) is 9.36 Å². The lowest BCUT2D eigenvalue weighted by Gasteiger charge is -2.06. The Morgan fingerprint density at radius 3 is 2.55 bits per heavy atom. The fourth-order valence-corrected chi connectivity index (χ4v) is 1.85. The van der Waals surface area contributed by atoms with Crippen LogP contribution in [0.15, 0.2) is 55.1 Å². The van der Waals surface area contributed by atoms with E-state index in [0.717, 1.165) is 5.75 Å². The molecule has 0 unspecified atom stereocenters. The van der Waals surface area contributed by atoms with E-state index in [1.165, 1.54) is 0 Å². The van der Waals surface area contributed by atoms with Crippen LogP contribution < -0.4 is 10.1 Å². The third kappa shape index (κ3) is 2.93. The molecule has 0 aliphatic heterocycles. The number of benzene rings is 1. The van der Waals surface area contributed by atoms with E-state index in [-0.39, 0.29) is 11.6 Å². The second-order valence-electron chi connectivity index (χ2n) is 4.43. The van der Waals surface area contributed by atoms with Crippen molar-refractivity contribution in [1.29, 1.82) is 0 Å². The summed E-state index contributed by atoms with van der Waals surface area (Å²) in [6, 6.07) is 10.4. The van der Waals surface area contributed by atoms with Crippen LogP contribution in [0.25, 0.3) is 5.82 Å². The SMILES string of the molecule is COc1ccc(NC(=O)c2ccc(-n3ccnc3)nn2)cc1. The molecule has 2 heterocycles. The lowest BCUT2D eigenvalue weighted by Crippen LogP contribution is -2.14. The van der Waals surface area contributed by atoms with Crippen molar-refractivity contribution in [2.24, 2.45) is 0 Å². The molecule has 0 aliphatic carbocycles. The summed E-state index contributed by atoms with van der Waals surface area (Å²) in [7, 11) is 1.59. The average molecular weight is 295 g/mol. The molecule has 0 saturated carbocycles. The molecule has 22 heavy (non-hydrogen) atoms. The number of hydrogen-bond acceptors (Lipinski definition) is 5. The molecule has 110 valence electrons. The number of rotatable bonds is 4. The van der Waals surface area contributed by atoms with E-state index in [1.54, 1.807) is 66.8 Å². The maximum Gasteiger partial charge on any atom is 0.276 e. The van der Waals surface area contributed by atoms with Crippen molar-refractivity contribution >= 4 is 11.6 Å². The Morgan fingerprint density at radius 2 is 1.95 bits per heavy atom. The van der Waals surface area contributed by atoms with E-state index >= 15 is 0 Å². The van der Waals surface area contributed by atoms with Crippen molar-refractivity contribution in [2.45, 2.75) is 0 Å². The third-order valence-electron chi connectivity index (χ3n) is 3.00. The Kier molecular flexibility index (Phi) is 3.78. The molecule has 3 rings (SSSR count). The van der Waals surface area contributed by atoms with Gasteiger partial charge in [-0.15, -0.1) is 10.2 Å². The highest BCUT2D eigenvalue weighted by molar-refractivity contribution is 6.02. The summed E-state index contributed by atoms with van der Waals surface area (Å²) >= 11 is 0. The second-order valence-corrected chi connectivity index (χ2v) is 4.43. The first-order chi connectivity index (χ1) is 10.8. The molecule has 0 radical (unpaired) electrons. The number of anilines is 1. The lowest BCUT2D eigenvalue weighted by atomic mass is 10.3. The number of amides is 1. The topological polar surface area (TPSA) is 81.9 Å². The van der Waals surface area contributed by atoms with Gasteiger partial charge in [0, 0.05) is 18.1 Å². The van der Waals surface area contributed by atoms with E-state index in [4.69, 9.17) is 4.74 Å². The van der Waals surface area contributed by atoms with Gasteiger partial charge in [-0.2, -0.15) is 0 Å². The third-order valence-corrected chi connectivity index (χ3v) is 3.00. The van der Waals surface area contributed by atoms with Crippen molar-refractivity contribution in [2.75, 3.05) is 12.4 Å². The standard InChI is InChI=1S/C15H13N5O2/c1-22-12-4-2-11(3-5-12)17-15(21)13-6-7-14(19-18-13)20-9-8-16-10-20/h2-10H,1H3,(H,17,21). The summed E-state index contributed by atoms with van der Waals surface area (Å²) in [4.78, 5) is 16.0. The molecule has 7 heteroatoms. The van der Waals surface area contributed by atoms with E-state index in [2.05, 4.69) is 20.5 Å². The normalized spacial score (nSPS) is 10.2. The number of nitrogens with zero attached hydrogens (tertiary/aromatic N) is 4. The maximum absolute atomic E-state index is 12.1. The van der Waals surface area contributed by atoms with Crippen LogP contribution in [0.4, 0.5) is 5.69 Å². The Labute approximate surface area is 126 Å². The van der Waals surface area contributed by atoms with Gasteiger partial charge in [0.05, 0.1) is 7.11 Å². The zero-order valence-corrected chi connectivity index (χ0v) is 11.8. The van der Waals surface area contributed by atoms with Crippen molar-refractivity contribution in [1.82, 2.24) is 19.7 Å². The van der Waals surface area contributed by atoms with Gasteiger partial charge in [0.15, 0.2) is 11.5 Å². The smallest absolute Gasteiger partial charge is 0.276 e. The predicted molar refractivity (Wildman–Crippen MR) is 80.1 cm³/mol. The minimum Gasteiger partial charge on any atom is -0.497 e. The van der Waals surface area contributed by atoms with Gasteiger partial charge in [0.1, 0.15) is 12.1 Å². The zero-order chi connectivity index (χ0) is 15.4. The van der Waals surface area contributed by atoms with Gasteiger partial charge in [0.25, 0.3) is 5.91 Å². The first-order valence-corrected chi connectivity index (χ1v) is 6.54. The van der Waals surface area contributed by atoms with Crippen LogP contribution in [0.2, 0.25) is 0 Å². The molecule has 0 atom stereocenters. The average Bonchev–Trinajstić information content (AvgIpc) is 3.10. The van der Waals surface area contributed by atoms with Crippen LogP contribution in [0.1, 0.15) is 10.5 Å². The quantitative estimate of drug-likeness (QED) is 0.795. The largest absolute Gasteiger partial charge is 0.497 e. The monoisotopic (exact) mass is 295 g/mol. The van der Waals surface area contributed by atoms with Crippen LogP contribution >= 0.6 is 0 Å². The summed E-state index contributed by atoms with van der Waals surface area (Å²) < 4.78 is 6.77. The van der Waals surface area contributed by atoms with Gasteiger partial charge in [-0.05, 0) is 36.4 Å². The molecular weight excluding hydrogens is 282 g/mol. The molecule has 0 aliphatic rings. The van der Waals surface area contributed by atoms with Gasteiger partial charge in [-0.25, -0.2) is 4.98 Å².